The van der Waals surface area contributed by atoms with Crippen LogP contribution in [0.3, 0.4) is 0 Å². The largest absolute Gasteiger partial charge is 0.496 e. The number of amides is 2. The summed E-state index contributed by atoms with van der Waals surface area (Å²) in [6.07, 6.45) is -2.79. The SMILES string of the molecule is COc1ccc(-n2ncc3c(NC(=O)c4cc(CNC(=O)CC(C)(C)C)ccc4Cl)cccc32)cc1C(F)(F)F. The molecule has 4 aromatic rings. The second-order valence-electron chi connectivity index (χ2n) is 10.5. The molecule has 0 spiro atoms. The van der Waals surface area contributed by atoms with Crippen LogP contribution in [-0.4, -0.2) is 28.7 Å². The summed E-state index contributed by atoms with van der Waals surface area (Å²) in [5.74, 6) is -0.887. The van der Waals surface area contributed by atoms with Gasteiger partial charge in [0.05, 0.1) is 46.3 Å². The Morgan fingerprint density at radius 1 is 1.05 bits per heavy atom. The van der Waals surface area contributed by atoms with Gasteiger partial charge in [-0.25, -0.2) is 4.68 Å². The Balaban J connectivity index is 1.59. The molecular formula is C29H28ClF3N4O3. The molecule has 7 nitrogen and oxygen atoms in total. The predicted octanol–water partition coefficient (Wildman–Crippen LogP) is 7.01. The number of rotatable bonds is 7. The van der Waals surface area contributed by atoms with E-state index >= 15 is 0 Å². The van der Waals surface area contributed by atoms with Gasteiger partial charge >= 0.3 is 6.18 Å². The summed E-state index contributed by atoms with van der Waals surface area (Å²) in [4.78, 5) is 25.4. The maximum absolute atomic E-state index is 13.6. The Labute approximate surface area is 234 Å². The van der Waals surface area contributed by atoms with E-state index < -0.39 is 17.6 Å². The number of fused-ring (bicyclic) bond motifs is 1. The molecule has 2 N–H and O–H groups in total. The van der Waals surface area contributed by atoms with Crippen LogP contribution in [0.4, 0.5) is 18.9 Å². The van der Waals surface area contributed by atoms with Crippen molar-refractivity contribution in [2.45, 2.75) is 39.9 Å². The molecule has 40 heavy (non-hydrogen) atoms. The fraction of sp³-hybridized carbons (Fsp3) is 0.276. The molecule has 0 radical (unpaired) electrons. The number of nitrogens with zero attached hydrogens (tertiary/aromatic N) is 2. The average molecular weight is 573 g/mol. The lowest BCUT2D eigenvalue weighted by Gasteiger charge is -2.17. The van der Waals surface area contributed by atoms with E-state index in [1.54, 1.807) is 36.4 Å². The molecule has 0 saturated heterocycles. The van der Waals surface area contributed by atoms with E-state index in [-0.39, 0.29) is 39.9 Å². The summed E-state index contributed by atoms with van der Waals surface area (Å²) >= 11 is 6.32. The maximum Gasteiger partial charge on any atom is 0.420 e. The molecule has 11 heteroatoms. The molecule has 0 bridgehead atoms. The van der Waals surface area contributed by atoms with E-state index in [9.17, 15) is 22.8 Å². The number of hydrogen-bond donors (Lipinski definition) is 2. The average Bonchev–Trinajstić information content (AvgIpc) is 3.31. The first-order chi connectivity index (χ1) is 18.8. The minimum atomic E-state index is -4.62. The highest BCUT2D eigenvalue weighted by Crippen LogP contribution is 2.38. The molecule has 0 saturated carbocycles. The van der Waals surface area contributed by atoms with Crippen LogP contribution in [0.5, 0.6) is 5.75 Å². The van der Waals surface area contributed by atoms with Crippen molar-refractivity contribution in [3.05, 3.63) is 82.5 Å². The molecule has 0 atom stereocenters. The summed E-state index contributed by atoms with van der Waals surface area (Å²) in [5, 5.41) is 10.7. The number of halogens is 4. The van der Waals surface area contributed by atoms with Crippen molar-refractivity contribution in [1.29, 1.82) is 0 Å². The van der Waals surface area contributed by atoms with Crippen molar-refractivity contribution in [2.75, 3.05) is 12.4 Å². The molecule has 0 fully saturated rings. The summed E-state index contributed by atoms with van der Waals surface area (Å²) in [6.45, 7) is 6.14. The minimum Gasteiger partial charge on any atom is -0.496 e. The maximum atomic E-state index is 13.6. The molecule has 2 amide bonds. The van der Waals surface area contributed by atoms with Gasteiger partial charge in [-0.2, -0.15) is 18.3 Å². The fourth-order valence-electron chi connectivity index (χ4n) is 4.21. The second kappa shape index (κ2) is 11.2. The second-order valence-corrected chi connectivity index (χ2v) is 10.9. The van der Waals surface area contributed by atoms with Crippen molar-refractivity contribution in [3.8, 4) is 11.4 Å². The smallest absolute Gasteiger partial charge is 0.420 e. The summed E-state index contributed by atoms with van der Waals surface area (Å²) in [7, 11) is 1.17. The van der Waals surface area contributed by atoms with E-state index in [1.807, 2.05) is 20.8 Å². The lowest BCUT2D eigenvalue weighted by atomic mass is 9.92. The highest BCUT2D eigenvalue weighted by Gasteiger charge is 2.35. The zero-order valence-electron chi connectivity index (χ0n) is 22.3. The number of alkyl halides is 3. The molecule has 1 aromatic heterocycles. The third-order valence-corrected chi connectivity index (χ3v) is 6.38. The molecular weight excluding hydrogens is 545 g/mol. The molecule has 0 unspecified atom stereocenters. The van der Waals surface area contributed by atoms with Crippen LogP contribution in [0.25, 0.3) is 16.6 Å². The van der Waals surface area contributed by atoms with Crippen LogP contribution in [0, 0.1) is 5.41 Å². The monoisotopic (exact) mass is 572 g/mol. The standard InChI is InChI=1S/C29H28ClF3N4O3/c1-28(2,3)14-26(38)34-15-17-8-10-22(30)19(12-17)27(39)36-23-6-5-7-24-20(23)16-35-37(24)18-9-11-25(40-4)21(13-18)29(31,32)33/h5-13,16H,14-15H2,1-4H3,(H,34,38)(H,36,39). The Kier molecular flexibility index (Phi) is 8.11. The van der Waals surface area contributed by atoms with Crippen LogP contribution >= 0.6 is 11.6 Å². The third kappa shape index (κ3) is 6.56. The van der Waals surface area contributed by atoms with Gasteiger partial charge in [0.15, 0.2) is 0 Å². The number of nitrogens with one attached hydrogen (secondary N) is 2. The number of aromatic nitrogens is 2. The van der Waals surface area contributed by atoms with Gasteiger partial charge in [-0.15, -0.1) is 0 Å². The minimum absolute atomic E-state index is 0.101. The van der Waals surface area contributed by atoms with E-state index in [0.717, 1.165) is 6.07 Å². The zero-order chi connectivity index (χ0) is 29.2. The highest BCUT2D eigenvalue weighted by molar-refractivity contribution is 6.34. The van der Waals surface area contributed by atoms with E-state index in [0.29, 0.717) is 28.6 Å². The van der Waals surface area contributed by atoms with Crippen LogP contribution in [0.2, 0.25) is 5.02 Å². The highest BCUT2D eigenvalue weighted by atomic mass is 35.5. The molecule has 1 heterocycles. The van der Waals surface area contributed by atoms with Crippen molar-refractivity contribution in [3.63, 3.8) is 0 Å². The Bertz CT molecular complexity index is 1580. The van der Waals surface area contributed by atoms with Crippen LogP contribution < -0.4 is 15.4 Å². The first-order valence-corrected chi connectivity index (χ1v) is 12.7. The topological polar surface area (TPSA) is 85.2 Å². The van der Waals surface area contributed by atoms with E-state index in [1.165, 1.54) is 30.1 Å². The quantitative estimate of drug-likeness (QED) is 0.249. The predicted molar refractivity (Wildman–Crippen MR) is 148 cm³/mol. The number of carbonyl (C=O) groups is 2. The van der Waals surface area contributed by atoms with Crippen LogP contribution in [-0.2, 0) is 17.5 Å². The first kappa shape index (κ1) is 28.9. The molecule has 4 rings (SSSR count). The third-order valence-electron chi connectivity index (χ3n) is 6.05. The van der Waals surface area contributed by atoms with Gasteiger partial charge in [0, 0.05) is 18.4 Å². The van der Waals surface area contributed by atoms with Gasteiger partial charge in [-0.05, 0) is 53.4 Å². The molecule has 210 valence electrons. The summed E-state index contributed by atoms with van der Waals surface area (Å²) < 4.78 is 46.9. The molecule has 0 aliphatic carbocycles. The lowest BCUT2D eigenvalue weighted by Crippen LogP contribution is -2.27. The number of ether oxygens (including phenoxy) is 1. The van der Waals surface area contributed by atoms with Gasteiger partial charge in [-0.3, -0.25) is 9.59 Å². The number of hydrogen-bond acceptors (Lipinski definition) is 4. The van der Waals surface area contributed by atoms with Crippen molar-refractivity contribution in [2.24, 2.45) is 5.41 Å². The Morgan fingerprint density at radius 2 is 1.80 bits per heavy atom. The number of benzene rings is 3. The summed E-state index contributed by atoms with van der Waals surface area (Å²) in [6, 6.07) is 13.6. The van der Waals surface area contributed by atoms with Crippen LogP contribution in [0.1, 0.15) is 48.7 Å². The van der Waals surface area contributed by atoms with Gasteiger partial charge in [-0.1, -0.05) is 44.5 Å². The number of anilines is 1. The Hall–Kier alpha value is -4.05. The number of methoxy groups -OCH3 is 1. The van der Waals surface area contributed by atoms with E-state index in [4.69, 9.17) is 16.3 Å². The fourth-order valence-corrected chi connectivity index (χ4v) is 4.41. The van der Waals surface area contributed by atoms with Crippen molar-refractivity contribution in [1.82, 2.24) is 15.1 Å². The number of carbonyl (C=O) groups excluding carboxylic acids is 2. The Morgan fingerprint density at radius 3 is 2.48 bits per heavy atom. The van der Waals surface area contributed by atoms with Gasteiger partial charge in [0.25, 0.3) is 5.91 Å². The van der Waals surface area contributed by atoms with Crippen LogP contribution in [0.15, 0.2) is 60.8 Å². The molecule has 3 aromatic carbocycles. The van der Waals surface area contributed by atoms with Gasteiger partial charge in [0.2, 0.25) is 5.91 Å². The first-order valence-electron chi connectivity index (χ1n) is 12.4. The molecule has 0 aliphatic rings. The van der Waals surface area contributed by atoms with Crippen molar-refractivity contribution >= 4 is 40.0 Å². The van der Waals surface area contributed by atoms with Gasteiger partial charge in [0.1, 0.15) is 5.75 Å². The lowest BCUT2D eigenvalue weighted by molar-refractivity contribution is -0.138. The zero-order valence-corrected chi connectivity index (χ0v) is 23.1. The summed E-state index contributed by atoms with van der Waals surface area (Å²) in [5.41, 5.74) is 0.885. The molecule has 0 aliphatic heterocycles. The van der Waals surface area contributed by atoms with E-state index in [2.05, 4.69) is 15.7 Å². The van der Waals surface area contributed by atoms with Gasteiger partial charge < -0.3 is 15.4 Å². The van der Waals surface area contributed by atoms with Crippen molar-refractivity contribution < 1.29 is 27.5 Å². The normalized spacial score (nSPS) is 11.9.